The van der Waals surface area contributed by atoms with E-state index in [1.54, 1.807) is 0 Å². The van der Waals surface area contributed by atoms with Crippen molar-refractivity contribution >= 4 is 41.5 Å². The number of rotatable bonds is 18. The van der Waals surface area contributed by atoms with Crippen LogP contribution in [0.3, 0.4) is 0 Å². The molecule has 35 heavy (non-hydrogen) atoms. The molecule has 198 valence electrons. The van der Waals surface area contributed by atoms with Crippen molar-refractivity contribution in [3.63, 3.8) is 0 Å². The Bertz CT molecular complexity index is 806. The van der Waals surface area contributed by atoms with Crippen molar-refractivity contribution < 1.29 is 43.8 Å². The minimum atomic E-state index is -1.86. The Morgan fingerprint density at radius 2 is 1.23 bits per heavy atom. The van der Waals surface area contributed by atoms with Gasteiger partial charge in [0.2, 0.25) is 29.5 Å². The van der Waals surface area contributed by atoms with E-state index >= 15 is 0 Å². The van der Waals surface area contributed by atoms with Gasteiger partial charge in [0.05, 0.1) is 18.9 Å². The zero-order valence-corrected chi connectivity index (χ0v) is 19.0. The summed E-state index contributed by atoms with van der Waals surface area (Å²) in [5.41, 5.74) is 21.4. The molecule has 0 aliphatic heterocycles. The van der Waals surface area contributed by atoms with Crippen molar-refractivity contribution in [1.82, 2.24) is 16.0 Å². The number of hydrogen-bond acceptors (Lipinski definition) is 9. The number of carbonyl (C=O) groups excluding carboxylic acids is 5. The highest BCUT2D eigenvalue weighted by molar-refractivity contribution is 5.96. The summed E-state index contributed by atoms with van der Waals surface area (Å²) in [6.45, 7) is 0.399. The normalized spacial score (nSPS) is 14.0. The van der Waals surface area contributed by atoms with Crippen LogP contribution in [0.2, 0.25) is 0 Å². The molecule has 0 aromatic rings. The molecule has 5 amide bonds. The van der Waals surface area contributed by atoms with Crippen molar-refractivity contribution in [3.8, 4) is 0 Å². The van der Waals surface area contributed by atoms with Crippen molar-refractivity contribution in [3.05, 3.63) is 0 Å². The molecule has 4 atom stereocenters. The molecule has 0 aromatic carbocycles. The molecule has 16 nitrogen and oxygen atoms in total. The number of nitrogens with one attached hydrogen (secondary N) is 3. The Balaban J connectivity index is 5.53. The van der Waals surface area contributed by atoms with E-state index < -0.39 is 78.5 Å². The van der Waals surface area contributed by atoms with E-state index in [0.717, 1.165) is 0 Å². The van der Waals surface area contributed by atoms with Crippen LogP contribution in [0.15, 0.2) is 0 Å². The molecule has 0 aromatic heterocycles. The Labute approximate surface area is 200 Å². The maximum Gasteiger partial charge on any atom is 0.326 e. The van der Waals surface area contributed by atoms with Crippen molar-refractivity contribution in [2.24, 2.45) is 22.9 Å². The van der Waals surface area contributed by atoms with Crippen LogP contribution >= 0.6 is 0 Å². The first-order chi connectivity index (χ1) is 16.3. The van der Waals surface area contributed by atoms with Gasteiger partial charge in [-0.2, -0.15) is 0 Å². The summed E-state index contributed by atoms with van der Waals surface area (Å²) in [5.74, 6) is -7.96. The SMILES string of the molecule is NCCCCC(N)C(=O)NC(CCC(N)=O)C(=O)NC(CC(N)=O)C(=O)NC(CC(=O)O)C(=O)O. The van der Waals surface area contributed by atoms with Crippen LogP contribution in [0.25, 0.3) is 0 Å². The molecule has 13 N–H and O–H groups in total. The van der Waals surface area contributed by atoms with Crippen LogP contribution in [0, 0.1) is 0 Å². The number of amides is 5. The lowest BCUT2D eigenvalue weighted by Gasteiger charge is -2.24. The van der Waals surface area contributed by atoms with Gasteiger partial charge in [0, 0.05) is 6.42 Å². The zero-order chi connectivity index (χ0) is 27.1. The minimum Gasteiger partial charge on any atom is -0.481 e. The first kappa shape index (κ1) is 31.2. The van der Waals surface area contributed by atoms with Gasteiger partial charge in [-0.3, -0.25) is 28.8 Å². The third kappa shape index (κ3) is 13.5. The number of nitrogens with two attached hydrogens (primary N) is 4. The van der Waals surface area contributed by atoms with Gasteiger partial charge in [-0.15, -0.1) is 0 Å². The summed E-state index contributed by atoms with van der Waals surface area (Å²) >= 11 is 0. The topological polar surface area (TPSA) is 300 Å². The highest BCUT2D eigenvalue weighted by Gasteiger charge is 2.32. The molecule has 0 bridgehead atoms. The van der Waals surface area contributed by atoms with E-state index in [9.17, 15) is 33.6 Å². The largest absolute Gasteiger partial charge is 0.481 e. The molecule has 0 rings (SSSR count). The molecule has 0 aliphatic carbocycles. The van der Waals surface area contributed by atoms with Gasteiger partial charge in [0.25, 0.3) is 0 Å². The van der Waals surface area contributed by atoms with E-state index in [0.29, 0.717) is 19.4 Å². The lowest BCUT2D eigenvalue weighted by Crippen LogP contribution is -2.58. The molecule has 0 fully saturated rings. The fraction of sp³-hybridized carbons (Fsp3) is 0.632. The fourth-order valence-electron chi connectivity index (χ4n) is 2.80. The molecule has 16 heteroatoms. The van der Waals surface area contributed by atoms with Gasteiger partial charge in [-0.25, -0.2) is 4.79 Å². The van der Waals surface area contributed by atoms with Crippen molar-refractivity contribution in [1.29, 1.82) is 0 Å². The molecule has 0 radical (unpaired) electrons. The van der Waals surface area contributed by atoms with E-state index in [2.05, 4.69) is 10.6 Å². The third-order valence-electron chi connectivity index (χ3n) is 4.65. The maximum atomic E-state index is 12.8. The van der Waals surface area contributed by atoms with E-state index in [-0.39, 0.29) is 19.3 Å². The summed E-state index contributed by atoms with van der Waals surface area (Å²) < 4.78 is 0. The number of hydrogen-bond donors (Lipinski definition) is 9. The van der Waals surface area contributed by atoms with Crippen LogP contribution < -0.4 is 38.9 Å². The second-order valence-corrected chi connectivity index (χ2v) is 7.69. The van der Waals surface area contributed by atoms with Gasteiger partial charge >= 0.3 is 11.9 Å². The van der Waals surface area contributed by atoms with Gasteiger partial charge in [0.15, 0.2) is 0 Å². The average Bonchev–Trinajstić information content (AvgIpc) is 2.74. The standard InChI is InChI=1S/C19H33N7O9/c20-6-2-1-3-9(21)16(31)24-10(4-5-13(22)27)17(32)25-11(7-14(23)28)18(33)26-12(19(34)35)8-15(29)30/h9-12H,1-8,20-21H2,(H2,22,27)(H2,23,28)(H,24,31)(H,25,32)(H,26,33)(H,29,30)(H,34,35). The Morgan fingerprint density at radius 3 is 1.71 bits per heavy atom. The van der Waals surface area contributed by atoms with E-state index in [1.165, 1.54) is 0 Å². The van der Waals surface area contributed by atoms with Gasteiger partial charge < -0.3 is 49.1 Å². The monoisotopic (exact) mass is 503 g/mol. The number of carboxylic acid groups (broad SMARTS) is 2. The van der Waals surface area contributed by atoms with E-state index in [1.807, 2.05) is 5.32 Å². The molecule has 0 heterocycles. The summed E-state index contributed by atoms with van der Waals surface area (Å²) in [5, 5.41) is 24.3. The predicted octanol–water partition coefficient (Wildman–Crippen LogP) is -4.40. The summed E-state index contributed by atoms with van der Waals surface area (Å²) in [7, 11) is 0. The first-order valence-electron chi connectivity index (χ1n) is 10.7. The summed E-state index contributed by atoms with van der Waals surface area (Å²) in [6, 6.07) is -5.96. The van der Waals surface area contributed by atoms with Crippen LogP contribution in [-0.2, 0) is 33.6 Å². The minimum absolute atomic E-state index is 0.264. The number of unbranched alkanes of at least 4 members (excludes halogenated alkanes) is 1. The first-order valence-corrected chi connectivity index (χ1v) is 10.7. The van der Waals surface area contributed by atoms with Gasteiger partial charge in [-0.1, -0.05) is 6.42 Å². The van der Waals surface area contributed by atoms with Crippen LogP contribution in [0.1, 0.15) is 44.9 Å². The summed E-state index contributed by atoms with van der Waals surface area (Å²) in [6.07, 6.45) is -0.915. The maximum absolute atomic E-state index is 12.8. The second kappa shape index (κ2) is 15.9. The number of carboxylic acids is 2. The lowest BCUT2D eigenvalue weighted by molar-refractivity contribution is -0.147. The molecular formula is C19H33N7O9. The smallest absolute Gasteiger partial charge is 0.326 e. The number of aliphatic carboxylic acids is 2. The quantitative estimate of drug-likeness (QED) is 0.0804. The Morgan fingerprint density at radius 1 is 0.686 bits per heavy atom. The number of primary amides is 2. The molecule has 0 aliphatic rings. The summed E-state index contributed by atoms with van der Waals surface area (Å²) in [4.78, 5) is 82.3. The molecule has 0 spiro atoms. The number of carbonyl (C=O) groups is 7. The third-order valence-corrected chi connectivity index (χ3v) is 4.65. The molecule has 0 saturated heterocycles. The zero-order valence-electron chi connectivity index (χ0n) is 19.0. The molecule has 4 unspecified atom stereocenters. The Hall–Kier alpha value is -3.79. The fourth-order valence-corrected chi connectivity index (χ4v) is 2.80. The van der Waals surface area contributed by atoms with Crippen molar-refractivity contribution in [2.75, 3.05) is 6.54 Å². The highest BCUT2D eigenvalue weighted by atomic mass is 16.4. The second-order valence-electron chi connectivity index (χ2n) is 7.69. The van der Waals surface area contributed by atoms with Gasteiger partial charge in [-0.05, 0) is 25.8 Å². The average molecular weight is 504 g/mol. The highest BCUT2D eigenvalue weighted by Crippen LogP contribution is 2.04. The van der Waals surface area contributed by atoms with Crippen LogP contribution in [0.4, 0.5) is 0 Å². The Kier molecular flexibility index (Phi) is 14.2. The van der Waals surface area contributed by atoms with Gasteiger partial charge in [0.1, 0.15) is 18.1 Å². The predicted molar refractivity (Wildman–Crippen MR) is 119 cm³/mol. The van der Waals surface area contributed by atoms with E-state index in [4.69, 9.17) is 33.1 Å². The van der Waals surface area contributed by atoms with Crippen LogP contribution in [-0.4, -0.2) is 82.4 Å². The molecule has 0 saturated carbocycles. The van der Waals surface area contributed by atoms with Crippen molar-refractivity contribution in [2.45, 2.75) is 69.1 Å². The van der Waals surface area contributed by atoms with Crippen LogP contribution in [0.5, 0.6) is 0 Å². The lowest BCUT2D eigenvalue weighted by atomic mass is 10.1. The molecular weight excluding hydrogens is 470 g/mol.